The van der Waals surface area contributed by atoms with Crippen molar-refractivity contribution < 1.29 is 28.8 Å². The molecule has 0 saturated heterocycles. The van der Waals surface area contributed by atoms with Gasteiger partial charge >= 0.3 is 0 Å². The Morgan fingerprint density at radius 2 is 1.68 bits per heavy atom. The number of fused-ring (bicyclic) bond motifs is 1. The molecule has 0 aromatic heterocycles. The minimum atomic E-state index is -0.417. The van der Waals surface area contributed by atoms with Crippen molar-refractivity contribution in [2.75, 3.05) is 14.2 Å². The number of ether oxygens (including phenoxy) is 2. The molecule has 0 heterocycles. The molecule has 178 valence electrons. The van der Waals surface area contributed by atoms with Crippen LogP contribution in [0.1, 0.15) is 51.8 Å². The molecule has 0 bridgehead atoms. The van der Waals surface area contributed by atoms with Crippen LogP contribution in [0, 0.1) is 10.1 Å². The molecule has 1 unspecified atom stereocenters. The number of nitro benzene ring substituents is 1. The van der Waals surface area contributed by atoms with E-state index >= 15 is 0 Å². The van der Waals surface area contributed by atoms with Crippen LogP contribution >= 0.6 is 11.8 Å². The third kappa shape index (κ3) is 6.41. The van der Waals surface area contributed by atoms with Crippen LogP contribution in [0.25, 0.3) is 0 Å². The minimum Gasteiger partial charge on any atom is -0.496 e. The highest BCUT2D eigenvalue weighted by molar-refractivity contribution is 8.12. The maximum absolute atomic E-state index is 12.4. The third-order valence-electron chi connectivity index (χ3n) is 4.85. The maximum atomic E-state index is 12.4. The number of nitrogens with zero attached hydrogens (tertiary/aromatic N) is 1. The number of thioether (sulfide) groups is 1. The standard InChI is InChI=1S/C19H20O5S.C6H5NO2/c1-11(2)5-8-16(25-10-20)12-9-15(23-3)17-13(21)6-7-14(22)18(17)19(12)24-4;8-7(9)6-4-2-1-3-5-6/h5-7,9-10,16H,8H2,1-4H3;1-5H. The quantitative estimate of drug-likeness (QED) is 0.208. The molecule has 1 aliphatic rings. The van der Waals surface area contributed by atoms with Gasteiger partial charge < -0.3 is 9.47 Å². The van der Waals surface area contributed by atoms with Gasteiger partial charge in [-0.3, -0.25) is 24.5 Å². The number of para-hydroxylation sites is 1. The smallest absolute Gasteiger partial charge is 0.269 e. The Bertz CT molecular complexity index is 1140. The summed E-state index contributed by atoms with van der Waals surface area (Å²) in [5.41, 5.74) is 3.07. The molecule has 0 aliphatic heterocycles. The fraction of sp³-hybridized carbons (Fsp3) is 0.240. The molecule has 0 radical (unpaired) electrons. The second-order valence-corrected chi connectivity index (χ2v) is 8.38. The monoisotopic (exact) mass is 483 g/mol. The van der Waals surface area contributed by atoms with Gasteiger partial charge in [-0.05, 0) is 38.5 Å². The summed E-state index contributed by atoms with van der Waals surface area (Å²) in [6.45, 7) is 3.95. The third-order valence-corrected chi connectivity index (χ3v) is 5.74. The molecular formula is C25H25NO7S. The lowest BCUT2D eigenvalue weighted by Crippen LogP contribution is -2.16. The van der Waals surface area contributed by atoms with E-state index in [2.05, 4.69) is 0 Å². The molecule has 0 spiro atoms. The van der Waals surface area contributed by atoms with Crippen molar-refractivity contribution in [3.63, 3.8) is 0 Å². The van der Waals surface area contributed by atoms with Gasteiger partial charge in [-0.1, -0.05) is 41.6 Å². The first-order chi connectivity index (χ1) is 16.2. The molecule has 0 saturated carbocycles. The zero-order valence-electron chi connectivity index (χ0n) is 19.3. The Morgan fingerprint density at radius 1 is 1.06 bits per heavy atom. The van der Waals surface area contributed by atoms with Gasteiger partial charge in [0.25, 0.3) is 5.69 Å². The Balaban J connectivity index is 0.000000379. The lowest BCUT2D eigenvalue weighted by molar-refractivity contribution is -0.384. The van der Waals surface area contributed by atoms with Crippen LogP contribution in [-0.4, -0.2) is 36.3 Å². The van der Waals surface area contributed by atoms with Crippen molar-refractivity contribution in [2.24, 2.45) is 0 Å². The highest BCUT2D eigenvalue weighted by atomic mass is 32.2. The van der Waals surface area contributed by atoms with Crippen LogP contribution < -0.4 is 9.47 Å². The summed E-state index contributed by atoms with van der Waals surface area (Å²) < 4.78 is 10.8. The van der Waals surface area contributed by atoms with Crippen molar-refractivity contribution in [2.45, 2.75) is 25.5 Å². The lowest BCUT2D eigenvalue weighted by atomic mass is 9.89. The topological polar surface area (TPSA) is 113 Å². The first-order valence-corrected chi connectivity index (χ1v) is 11.2. The van der Waals surface area contributed by atoms with Crippen LogP contribution in [0.5, 0.6) is 11.5 Å². The van der Waals surface area contributed by atoms with Crippen molar-refractivity contribution in [3.8, 4) is 11.5 Å². The van der Waals surface area contributed by atoms with Crippen molar-refractivity contribution >= 4 is 34.6 Å². The van der Waals surface area contributed by atoms with Gasteiger partial charge in [0, 0.05) is 22.9 Å². The first kappa shape index (κ1) is 26.5. The van der Waals surface area contributed by atoms with E-state index < -0.39 is 4.92 Å². The van der Waals surface area contributed by atoms with Gasteiger partial charge in [0.2, 0.25) is 0 Å². The van der Waals surface area contributed by atoms with E-state index in [0.717, 1.165) is 23.0 Å². The molecule has 0 amide bonds. The lowest BCUT2D eigenvalue weighted by Gasteiger charge is -2.23. The fourth-order valence-electron chi connectivity index (χ4n) is 3.29. The summed E-state index contributed by atoms with van der Waals surface area (Å²) in [6.07, 6.45) is 5.06. The number of hydrogen-bond donors (Lipinski definition) is 0. The zero-order valence-corrected chi connectivity index (χ0v) is 20.1. The van der Waals surface area contributed by atoms with E-state index in [4.69, 9.17) is 9.47 Å². The summed E-state index contributed by atoms with van der Waals surface area (Å²) >= 11 is 1.10. The molecule has 8 nitrogen and oxygen atoms in total. The van der Waals surface area contributed by atoms with Crippen LogP contribution in [0.15, 0.2) is 60.2 Å². The molecule has 1 atom stereocenters. The van der Waals surface area contributed by atoms with E-state index in [-0.39, 0.29) is 33.6 Å². The molecular weight excluding hydrogens is 458 g/mol. The van der Waals surface area contributed by atoms with E-state index in [1.807, 2.05) is 19.9 Å². The van der Waals surface area contributed by atoms with E-state index in [1.54, 1.807) is 24.3 Å². The van der Waals surface area contributed by atoms with E-state index in [0.29, 0.717) is 23.5 Å². The average molecular weight is 484 g/mol. The van der Waals surface area contributed by atoms with E-state index in [1.165, 1.54) is 38.5 Å². The number of ketones is 2. The molecule has 0 N–H and O–H groups in total. The predicted octanol–water partition coefficient (Wildman–Crippen LogP) is 5.55. The molecule has 9 heteroatoms. The van der Waals surface area contributed by atoms with Crippen molar-refractivity contribution in [1.29, 1.82) is 0 Å². The summed E-state index contributed by atoms with van der Waals surface area (Å²) in [5, 5.41) is 9.75. The zero-order chi connectivity index (χ0) is 25.3. The summed E-state index contributed by atoms with van der Waals surface area (Å²) in [7, 11) is 2.89. The number of carbonyl (C=O) groups excluding carboxylic acids is 3. The van der Waals surface area contributed by atoms with Gasteiger partial charge in [-0.25, -0.2) is 0 Å². The highest BCUT2D eigenvalue weighted by Gasteiger charge is 2.31. The molecule has 0 fully saturated rings. The van der Waals surface area contributed by atoms with Crippen molar-refractivity contribution in [1.82, 2.24) is 0 Å². The number of rotatable bonds is 8. The summed E-state index contributed by atoms with van der Waals surface area (Å²) in [4.78, 5) is 45.4. The Kier molecular flexibility index (Phi) is 9.76. The first-order valence-electron chi connectivity index (χ1n) is 10.2. The molecule has 2 aromatic rings. The maximum Gasteiger partial charge on any atom is 0.269 e. The van der Waals surface area contributed by atoms with Gasteiger partial charge in [0.1, 0.15) is 11.5 Å². The minimum absolute atomic E-state index is 0.137. The Hall–Kier alpha value is -3.72. The summed E-state index contributed by atoms with van der Waals surface area (Å²) in [6, 6.07) is 9.62. The van der Waals surface area contributed by atoms with Gasteiger partial charge in [0.05, 0.1) is 30.3 Å². The van der Waals surface area contributed by atoms with Gasteiger partial charge in [-0.15, -0.1) is 0 Å². The number of allylic oxidation sites excluding steroid dienone is 4. The van der Waals surface area contributed by atoms with Crippen LogP contribution in [0.2, 0.25) is 0 Å². The molecule has 3 rings (SSSR count). The number of benzene rings is 2. The Labute approximate surface area is 201 Å². The average Bonchev–Trinajstić information content (AvgIpc) is 2.83. The Morgan fingerprint density at radius 3 is 2.15 bits per heavy atom. The largest absolute Gasteiger partial charge is 0.496 e. The number of carbonyl (C=O) groups is 3. The highest BCUT2D eigenvalue weighted by Crippen LogP contribution is 2.44. The second kappa shape index (κ2) is 12.5. The summed E-state index contributed by atoms with van der Waals surface area (Å²) in [5.74, 6) is 0.00561. The normalized spacial score (nSPS) is 12.6. The number of non-ortho nitro benzene ring substituents is 1. The SMILES string of the molecule is COc1cc(C(CC=C(C)C)SC=O)c(OC)c2c1C(=O)C=CC2=O.O=[N+]([O-])c1ccccc1. The van der Waals surface area contributed by atoms with Crippen LogP contribution in [-0.2, 0) is 4.79 Å². The van der Waals surface area contributed by atoms with Crippen molar-refractivity contribution in [3.05, 3.63) is 87.0 Å². The van der Waals surface area contributed by atoms with Gasteiger partial charge in [-0.2, -0.15) is 0 Å². The van der Waals surface area contributed by atoms with Gasteiger partial charge in [0.15, 0.2) is 17.2 Å². The van der Waals surface area contributed by atoms with E-state index in [9.17, 15) is 24.5 Å². The molecule has 2 aromatic carbocycles. The molecule has 34 heavy (non-hydrogen) atoms. The number of methoxy groups -OCH3 is 2. The number of nitro groups is 1. The second-order valence-electron chi connectivity index (χ2n) is 7.34. The predicted molar refractivity (Wildman–Crippen MR) is 132 cm³/mol. The van der Waals surface area contributed by atoms with Crippen LogP contribution in [0.4, 0.5) is 5.69 Å². The fourth-order valence-corrected chi connectivity index (χ4v) is 3.96. The number of hydrogen-bond acceptors (Lipinski definition) is 8. The van der Waals surface area contributed by atoms with Crippen LogP contribution in [0.3, 0.4) is 0 Å². The molecule has 1 aliphatic carbocycles.